The maximum absolute atomic E-state index is 12.4. The fraction of sp³-hybridized carbons (Fsp3) is 0.143. The molecule has 3 aromatic carbocycles. The summed E-state index contributed by atoms with van der Waals surface area (Å²) in [4.78, 5) is 23.3. The lowest BCUT2D eigenvalue weighted by atomic mass is 10.1. The highest BCUT2D eigenvalue weighted by atomic mass is 79.9. The number of amides is 1. The summed E-state index contributed by atoms with van der Waals surface area (Å²) in [6, 6.07) is 16.4. The lowest BCUT2D eigenvalue weighted by Gasteiger charge is -2.13. The Bertz CT molecular complexity index is 987. The van der Waals surface area contributed by atoms with Crippen molar-refractivity contribution in [2.75, 3.05) is 18.5 Å². The van der Waals surface area contributed by atoms with Gasteiger partial charge in [0.25, 0.3) is 5.91 Å². The molecule has 5 nitrogen and oxygen atoms in total. The molecule has 0 aliphatic carbocycles. The molecule has 0 fully saturated rings. The zero-order chi connectivity index (χ0) is 19.2. The Morgan fingerprint density at radius 3 is 2.56 bits per heavy atom. The summed E-state index contributed by atoms with van der Waals surface area (Å²) in [6.07, 6.45) is 0.734. The van der Waals surface area contributed by atoms with Gasteiger partial charge in [0.05, 0.1) is 6.61 Å². The molecule has 0 unspecified atom stereocenters. The Hall–Kier alpha value is -2.86. The van der Waals surface area contributed by atoms with E-state index in [1.54, 1.807) is 18.2 Å². The smallest absolute Gasteiger partial charge is 0.262 e. The maximum atomic E-state index is 12.4. The van der Waals surface area contributed by atoms with Crippen molar-refractivity contribution in [3.8, 4) is 11.5 Å². The lowest BCUT2D eigenvalue weighted by molar-refractivity contribution is -0.118. The Labute approximate surface area is 165 Å². The van der Waals surface area contributed by atoms with E-state index in [1.165, 1.54) is 0 Å². The van der Waals surface area contributed by atoms with Gasteiger partial charge in [-0.25, -0.2) is 0 Å². The second-order valence-electron chi connectivity index (χ2n) is 5.73. The molecular formula is C21H18BrNO4. The van der Waals surface area contributed by atoms with Crippen LogP contribution >= 0.6 is 15.9 Å². The molecule has 0 spiro atoms. The Morgan fingerprint density at radius 2 is 1.81 bits per heavy atom. The molecule has 0 bridgehead atoms. The van der Waals surface area contributed by atoms with Crippen molar-refractivity contribution >= 4 is 44.6 Å². The summed E-state index contributed by atoms with van der Waals surface area (Å²) in [7, 11) is 0. The van der Waals surface area contributed by atoms with E-state index in [1.807, 2.05) is 43.3 Å². The highest BCUT2D eigenvalue weighted by Crippen LogP contribution is 2.30. The zero-order valence-electron chi connectivity index (χ0n) is 14.7. The molecule has 1 amide bonds. The summed E-state index contributed by atoms with van der Waals surface area (Å²) in [5, 5.41) is 4.82. The third-order valence-corrected chi connectivity index (χ3v) is 4.60. The van der Waals surface area contributed by atoms with Crippen LogP contribution in [0.5, 0.6) is 11.5 Å². The van der Waals surface area contributed by atoms with E-state index in [0.717, 1.165) is 21.5 Å². The zero-order valence-corrected chi connectivity index (χ0v) is 16.3. The molecule has 138 valence electrons. The van der Waals surface area contributed by atoms with E-state index >= 15 is 0 Å². The summed E-state index contributed by atoms with van der Waals surface area (Å²) in [5.74, 6) is 0.562. The summed E-state index contributed by atoms with van der Waals surface area (Å²) in [6.45, 7) is 2.09. The molecule has 3 rings (SSSR count). The van der Waals surface area contributed by atoms with Crippen LogP contribution in [0, 0.1) is 0 Å². The van der Waals surface area contributed by atoms with E-state index in [-0.39, 0.29) is 12.5 Å². The van der Waals surface area contributed by atoms with Crippen LogP contribution in [-0.2, 0) is 4.79 Å². The van der Waals surface area contributed by atoms with Crippen LogP contribution in [0.4, 0.5) is 5.69 Å². The monoisotopic (exact) mass is 427 g/mol. The first-order chi connectivity index (χ1) is 13.1. The van der Waals surface area contributed by atoms with Crippen molar-refractivity contribution in [1.29, 1.82) is 0 Å². The van der Waals surface area contributed by atoms with Gasteiger partial charge in [0.15, 0.2) is 18.1 Å². The number of nitrogens with one attached hydrogen (secondary N) is 1. The van der Waals surface area contributed by atoms with Crippen molar-refractivity contribution in [3.05, 3.63) is 64.6 Å². The van der Waals surface area contributed by atoms with Gasteiger partial charge in [-0.1, -0.05) is 40.2 Å². The average molecular weight is 428 g/mol. The van der Waals surface area contributed by atoms with Crippen molar-refractivity contribution in [3.63, 3.8) is 0 Å². The summed E-state index contributed by atoms with van der Waals surface area (Å²) >= 11 is 3.52. The number of carbonyl (C=O) groups excluding carboxylic acids is 2. The molecule has 0 saturated heterocycles. The molecule has 0 radical (unpaired) electrons. The molecule has 6 heteroatoms. The number of rotatable bonds is 7. The number of halogens is 1. The molecule has 0 aliphatic heterocycles. The van der Waals surface area contributed by atoms with Gasteiger partial charge in [0, 0.05) is 21.1 Å². The molecule has 1 N–H and O–H groups in total. The van der Waals surface area contributed by atoms with Crippen molar-refractivity contribution in [1.82, 2.24) is 0 Å². The van der Waals surface area contributed by atoms with Gasteiger partial charge in [-0.2, -0.15) is 0 Å². The van der Waals surface area contributed by atoms with Crippen LogP contribution in [0.15, 0.2) is 59.1 Å². The minimum Gasteiger partial charge on any atom is -0.490 e. The van der Waals surface area contributed by atoms with Crippen LogP contribution in [0.1, 0.15) is 17.3 Å². The number of fused-ring (bicyclic) bond motifs is 1. The SMILES string of the molecule is CCOc1cc(C=O)ccc1OCC(=O)Nc1ccc(Br)c2ccccc12. The summed E-state index contributed by atoms with van der Waals surface area (Å²) in [5.41, 5.74) is 1.19. The second-order valence-corrected chi connectivity index (χ2v) is 6.59. The van der Waals surface area contributed by atoms with Crippen molar-refractivity contribution < 1.29 is 19.1 Å². The third-order valence-electron chi connectivity index (χ3n) is 3.91. The molecular weight excluding hydrogens is 410 g/mol. The van der Waals surface area contributed by atoms with Crippen LogP contribution < -0.4 is 14.8 Å². The van der Waals surface area contributed by atoms with Gasteiger partial charge in [-0.15, -0.1) is 0 Å². The predicted molar refractivity (Wildman–Crippen MR) is 109 cm³/mol. The van der Waals surface area contributed by atoms with Gasteiger partial charge in [0.2, 0.25) is 0 Å². The van der Waals surface area contributed by atoms with Gasteiger partial charge < -0.3 is 14.8 Å². The van der Waals surface area contributed by atoms with Gasteiger partial charge in [0.1, 0.15) is 6.29 Å². The van der Waals surface area contributed by atoms with E-state index in [4.69, 9.17) is 9.47 Å². The first kappa shape index (κ1) is 18.9. The molecule has 0 heterocycles. The Kier molecular flexibility index (Phi) is 6.08. The van der Waals surface area contributed by atoms with E-state index in [2.05, 4.69) is 21.2 Å². The second kappa shape index (κ2) is 8.68. The lowest BCUT2D eigenvalue weighted by Crippen LogP contribution is -2.20. The largest absolute Gasteiger partial charge is 0.490 e. The molecule has 0 aliphatic rings. The number of aldehydes is 1. The average Bonchev–Trinajstić information content (AvgIpc) is 2.69. The Balaban J connectivity index is 1.72. The van der Waals surface area contributed by atoms with Crippen molar-refractivity contribution in [2.24, 2.45) is 0 Å². The van der Waals surface area contributed by atoms with Crippen LogP contribution in [0.3, 0.4) is 0 Å². The predicted octanol–water partition coefficient (Wildman–Crippen LogP) is 4.83. The number of hydrogen-bond acceptors (Lipinski definition) is 4. The van der Waals surface area contributed by atoms with Crippen LogP contribution in [0.2, 0.25) is 0 Å². The van der Waals surface area contributed by atoms with E-state index < -0.39 is 0 Å². The minimum absolute atomic E-state index is 0.176. The minimum atomic E-state index is -0.288. The molecule has 27 heavy (non-hydrogen) atoms. The molecule has 3 aromatic rings. The number of anilines is 1. The normalized spacial score (nSPS) is 10.4. The standard InChI is InChI=1S/C21H18BrNO4/c1-2-26-20-11-14(12-24)7-10-19(20)27-13-21(25)23-18-9-8-17(22)15-5-3-4-6-16(15)18/h3-12H,2,13H2,1H3,(H,23,25). The molecule has 0 aromatic heterocycles. The fourth-order valence-electron chi connectivity index (χ4n) is 2.69. The highest BCUT2D eigenvalue weighted by Gasteiger charge is 2.11. The van der Waals surface area contributed by atoms with Gasteiger partial charge in [-0.3, -0.25) is 9.59 Å². The number of hydrogen-bond donors (Lipinski definition) is 1. The highest BCUT2D eigenvalue weighted by molar-refractivity contribution is 9.10. The van der Waals surface area contributed by atoms with Crippen molar-refractivity contribution in [2.45, 2.75) is 6.92 Å². The van der Waals surface area contributed by atoms with Crippen LogP contribution in [0.25, 0.3) is 10.8 Å². The first-order valence-corrected chi connectivity index (χ1v) is 9.23. The third kappa shape index (κ3) is 4.46. The number of benzene rings is 3. The quantitative estimate of drug-likeness (QED) is 0.548. The topological polar surface area (TPSA) is 64.6 Å². The van der Waals surface area contributed by atoms with E-state index in [9.17, 15) is 9.59 Å². The Morgan fingerprint density at radius 1 is 1.04 bits per heavy atom. The maximum Gasteiger partial charge on any atom is 0.262 e. The van der Waals surface area contributed by atoms with E-state index in [0.29, 0.717) is 29.4 Å². The molecule has 0 atom stereocenters. The van der Waals surface area contributed by atoms with Gasteiger partial charge in [-0.05, 0) is 42.6 Å². The molecule has 0 saturated carbocycles. The fourth-order valence-corrected chi connectivity index (χ4v) is 3.16. The summed E-state index contributed by atoms with van der Waals surface area (Å²) < 4.78 is 12.0. The van der Waals surface area contributed by atoms with Gasteiger partial charge >= 0.3 is 0 Å². The number of carbonyl (C=O) groups is 2. The first-order valence-electron chi connectivity index (χ1n) is 8.44. The number of ether oxygens (including phenoxy) is 2. The van der Waals surface area contributed by atoms with Crippen LogP contribution in [-0.4, -0.2) is 25.4 Å².